The van der Waals surface area contributed by atoms with E-state index in [2.05, 4.69) is 22.0 Å². The minimum Gasteiger partial charge on any atom is -0.492 e. The van der Waals surface area contributed by atoms with Crippen LogP contribution in [0, 0.1) is 0 Å². The van der Waals surface area contributed by atoms with Gasteiger partial charge in [-0.1, -0.05) is 18.2 Å². The molecule has 1 aliphatic rings. The van der Waals surface area contributed by atoms with Gasteiger partial charge in [0.25, 0.3) is 0 Å². The highest BCUT2D eigenvalue weighted by atomic mass is 16.5. The molecule has 6 heteroatoms. The lowest BCUT2D eigenvalue weighted by Crippen LogP contribution is -2.42. The molecule has 1 aromatic carbocycles. The van der Waals surface area contributed by atoms with Crippen LogP contribution < -0.4 is 10.1 Å². The average Bonchev–Trinajstić information content (AvgIpc) is 2.63. The first-order valence-corrected chi connectivity index (χ1v) is 8.77. The van der Waals surface area contributed by atoms with Gasteiger partial charge in [0.2, 0.25) is 0 Å². The summed E-state index contributed by atoms with van der Waals surface area (Å²) in [6.45, 7) is 9.83. The lowest BCUT2D eigenvalue weighted by atomic mass is 10.3. The molecule has 0 aliphatic carbocycles. The molecular formula is C18H30N4O2. The third kappa shape index (κ3) is 6.76. The molecular weight excluding hydrogens is 304 g/mol. The second-order valence-corrected chi connectivity index (χ2v) is 5.77. The van der Waals surface area contributed by atoms with Gasteiger partial charge in [0, 0.05) is 33.2 Å². The normalized spacial score (nSPS) is 16.0. The van der Waals surface area contributed by atoms with Gasteiger partial charge in [0.15, 0.2) is 5.96 Å². The van der Waals surface area contributed by atoms with Gasteiger partial charge in [-0.25, -0.2) is 0 Å². The van der Waals surface area contributed by atoms with E-state index in [1.807, 2.05) is 37.4 Å². The van der Waals surface area contributed by atoms with Gasteiger partial charge in [0.05, 0.1) is 26.3 Å². The molecule has 0 unspecified atom stereocenters. The molecule has 0 amide bonds. The molecule has 0 saturated carbocycles. The second-order valence-electron chi connectivity index (χ2n) is 5.77. The summed E-state index contributed by atoms with van der Waals surface area (Å²) in [6.07, 6.45) is 0. The summed E-state index contributed by atoms with van der Waals surface area (Å²) in [7, 11) is 2.05. The SMILES string of the molecule is CCNC(=NCCN1CCOCC1)N(C)CCOc1ccccc1. The van der Waals surface area contributed by atoms with Crippen LogP contribution in [-0.2, 0) is 4.74 Å². The van der Waals surface area contributed by atoms with Crippen molar-refractivity contribution in [3.05, 3.63) is 30.3 Å². The molecule has 0 aromatic heterocycles. The number of hydrogen-bond acceptors (Lipinski definition) is 4. The standard InChI is InChI=1S/C18H30N4O2/c1-3-19-18(20-9-10-22-12-14-23-15-13-22)21(2)11-16-24-17-7-5-4-6-8-17/h4-8H,3,9-16H2,1-2H3,(H,19,20). The van der Waals surface area contributed by atoms with Crippen LogP contribution in [0.2, 0.25) is 0 Å². The number of guanidine groups is 1. The highest BCUT2D eigenvalue weighted by Crippen LogP contribution is 2.07. The van der Waals surface area contributed by atoms with Gasteiger partial charge < -0.3 is 19.7 Å². The molecule has 0 radical (unpaired) electrons. The lowest BCUT2D eigenvalue weighted by molar-refractivity contribution is 0.0394. The second kappa shape index (κ2) is 10.9. The molecule has 1 N–H and O–H groups in total. The Kier molecular flexibility index (Phi) is 8.41. The van der Waals surface area contributed by atoms with E-state index in [1.165, 1.54) is 0 Å². The van der Waals surface area contributed by atoms with E-state index in [0.29, 0.717) is 6.61 Å². The fourth-order valence-corrected chi connectivity index (χ4v) is 2.51. The Balaban J connectivity index is 1.73. The van der Waals surface area contributed by atoms with Gasteiger partial charge in [-0.05, 0) is 19.1 Å². The number of hydrogen-bond donors (Lipinski definition) is 1. The number of nitrogens with one attached hydrogen (secondary N) is 1. The summed E-state index contributed by atoms with van der Waals surface area (Å²) in [5.41, 5.74) is 0. The zero-order valence-corrected chi connectivity index (χ0v) is 14.9. The first kappa shape index (κ1) is 18.5. The summed E-state index contributed by atoms with van der Waals surface area (Å²) >= 11 is 0. The lowest BCUT2D eigenvalue weighted by Gasteiger charge is -2.26. The number of aliphatic imine (C=N–C) groups is 1. The van der Waals surface area contributed by atoms with E-state index in [9.17, 15) is 0 Å². The zero-order chi connectivity index (χ0) is 17.0. The highest BCUT2D eigenvalue weighted by molar-refractivity contribution is 5.79. The first-order valence-electron chi connectivity index (χ1n) is 8.77. The van der Waals surface area contributed by atoms with Crippen LogP contribution in [0.15, 0.2) is 35.3 Å². The summed E-state index contributed by atoms with van der Waals surface area (Å²) in [4.78, 5) is 9.24. The smallest absolute Gasteiger partial charge is 0.193 e. The number of para-hydroxylation sites is 1. The van der Waals surface area contributed by atoms with Crippen molar-refractivity contribution in [1.29, 1.82) is 0 Å². The average molecular weight is 334 g/mol. The molecule has 1 aromatic rings. The summed E-state index contributed by atoms with van der Waals surface area (Å²) < 4.78 is 11.1. The predicted octanol–water partition coefficient (Wildman–Crippen LogP) is 1.29. The summed E-state index contributed by atoms with van der Waals surface area (Å²) in [6, 6.07) is 9.90. The molecule has 134 valence electrons. The molecule has 24 heavy (non-hydrogen) atoms. The van der Waals surface area contributed by atoms with Crippen molar-refractivity contribution < 1.29 is 9.47 Å². The number of benzene rings is 1. The fourth-order valence-electron chi connectivity index (χ4n) is 2.51. The highest BCUT2D eigenvalue weighted by Gasteiger charge is 2.10. The van der Waals surface area contributed by atoms with E-state index in [0.717, 1.165) is 64.2 Å². The molecule has 1 fully saturated rings. The van der Waals surface area contributed by atoms with Crippen molar-refractivity contribution in [1.82, 2.24) is 15.1 Å². The van der Waals surface area contributed by atoms with Gasteiger partial charge in [-0.3, -0.25) is 9.89 Å². The Labute approximate surface area is 145 Å². The minimum atomic E-state index is 0.633. The van der Waals surface area contributed by atoms with Crippen LogP contribution in [0.4, 0.5) is 0 Å². The largest absolute Gasteiger partial charge is 0.492 e. The van der Waals surface area contributed by atoms with E-state index in [-0.39, 0.29) is 0 Å². The Bertz CT molecular complexity index is 475. The van der Waals surface area contributed by atoms with Gasteiger partial charge in [-0.2, -0.15) is 0 Å². The Hall–Kier alpha value is -1.79. The van der Waals surface area contributed by atoms with Crippen LogP contribution in [0.1, 0.15) is 6.92 Å². The number of morpholine rings is 1. The predicted molar refractivity (Wildman–Crippen MR) is 97.8 cm³/mol. The molecule has 0 spiro atoms. The topological polar surface area (TPSA) is 49.3 Å². The van der Waals surface area contributed by atoms with Crippen LogP contribution in [0.5, 0.6) is 5.75 Å². The van der Waals surface area contributed by atoms with Crippen molar-refractivity contribution in [2.45, 2.75) is 6.92 Å². The molecule has 1 heterocycles. The van der Waals surface area contributed by atoms with Crippen molar-refractivity contribution >= 4 is 5.96 Å². The van der Waals surface area contributed by atoms with E-state index in [1.54, 1.807) is 0 Å². The summed E-state index contributed by atoms with van der Waals surface area (Å²) in [5.74, 6) is 1.84. The van der Waals surface area contributed by atoms with Gasteiger partial charge >= 0.3 is 0 Å². The van der Waals surface area contributed by atoms with Crippen LogP contribution in [0.25, 0.3) is 0 Å². The van der Waals surface area contributed by atoms with Crippen LogP contribution in [-0.4, -0.2) is 81.9 Å². The number of rotatable bonds is 8. The maximum absolute atomic E-state index is 5.76. The van der Waals surface area contributed by atoms with Crippen molar-refractivity contribution in [3.63, 3.8) is 0 Å². The zero-order valence-electron chi connectivity index (χ0n) is 14.9. The Morgan fingerprint density at radius 2 is 2.04 bits per heavy atom. The van der Waals surface area contributed by atoms with Gasteiger partial charge in [-0.15, -0.1) is 0 Å². The van der Waals surface area contributed by atoms with Gasteiger partial charge in [0.1, 0.15) is 12.4 Å². The van der Waals surface area contributed by atoms with E-state index in [4.69, 9.17) is 14.5 Å². The van der Waals surface area contributed by atoms with Crippen LogP contribution in [0.3, 0.4) is 0 Å². The van der Waals surface area contributed by atoms with Crippen LogP contribution >= 0.6 is 0 Å². The third-order valence-electron chi connectivity index (χ3n) is 3.92. The minimum absolute atomic E-state index is 0.633. The molecule has 6 nitrogen and oxygen atoms in total. The van der Waals surface area contributed by atoms with Crippen molar-refractivity contribution in [3.8, 4) is 5.75 Å². The molecule has 2 rings (SSSR count). The number of likely N-dealkylation sites (N-methyl/N-ethyl adjacent to an activating group) is 1. The molecule has 0 bridgehead atoms. The maximum atomic E-state index is 5.76. The van der Waals surface area contributed by atoms with E-state index >= 15 is 0 Å². The number of nitrogens with zero attached hydrogens (tertiary/aromatic N) is 3. The quantitative estimate of drug-likeness (QED) is 0.574. The maximum Gasteiger partial charge on any atom is 0.193 e. The van der Waals surface area contributed by atoms with Crippen molar-refractivity contribution in [2.75, 3.05) is 66.1 Å². The number of ether oxygens (including phenoxy) is 2. The fraction of sp³-hybridized carbons (Fsp3) is 0.611. The molecule has 0 atom stereocenters. The summed E-state index contributed by atoms with van der Waals surface area (Å²) in [5, 5.41) is 3.35. The monoisotopic (exact) mass is 334 g/mol. The van der Waals surface area contributed by atoms with E-state index < -0.39 is 0 Å². The van der Waals surface area contributed by atoms with Crippen molar-refractivity contribution in [2.24, 2.45) is 4.99 Å². The Morgan fingerprint density at radius 3 is 2.75 bits per heavy atom. The Morgan fingerprint density at radius 1 is 1.29 bits per heavy atom. The molecule has 1 aliphatic heterocycles. The third-order valence-corrected chi connectivity index (χ3v) is 3.92. The molecule has 1 saturated heterocycles. The first-order chi connectivity index (χ1) is 11.8.